The van der Waals surface area contributed by atoms with Crippen LogP contribution >= 0.6 is 0 Å². The lowest BCUT2D eigenvalue weighted by atomic mass is 10.1. The zero-order valence-corrected chi connectivity index (χ0v) is 9.99. The standard InChI is InChI=1S/C13H16FNO3/c14-11-6-9(7-13(16)17)3-4-12(11)18-10-2-1-5-15-8-10/h3-4,6,10,15H,1-2,5,7-8H2,(H,16,17). The number of carboxylic acid groups (broad SMARTS) is 1. The van der Waals surface area contributed by atoms with Crippen molar-refractivity contribution in [3.8, 4) is 5.75 Å². The third-order valence-corrected chi connectivity index (χ3v) is 2.90. The maximum absolute atomic E-state index is 13.7. The number of rotatable bonds is 4. The number of piperidine rings is 1. The largest absolute Gasteiger partial charge is 0.486 e. The van der Waals surface area contributed by atoms with Gasteiger partial charge < -0.3 is 15.2 Å². The molecule has 5 heteroatoms. The molecule has 0 bridgehead atoms. The normalized spacial score (nSPS) is 19.5. The van der Waals surface area contributed by atoms with Crippen molar-refractivity contribution in [2.75, 3.05) is 13.1 Å². The zero-order chi connectivity index (χ0) is 13.0. The van der Waals surface area contributed by atoms with Gasteiger partial charge in [-0.25, -0.2) is 4.39 Å². The van der Waals surface area contributed by atoms with E-state index in [1.165, 1.54) is 12.1 Å². The molecule has 0 aromatic heterocycles. The van der Waals surface area contributed by atoms with E-state index in [0.717, 1.165) is 25.9 Å². The van der Waals surface area contributed by atoms with Gasteiger partial charge in [-0.05, 0) is 37.1 Å². The summed E-state index contributed by atoms with van der Waals surface area (Å²) < 4.78 is 19.3. The fourth-order valence-corrected chi connectivity index (χ4v) is 2.02. The predicted molar refractivity (Wildman–Crippen MR) is 64.3 cm³/mol. The van der Waals surface area contributed by atoms with Crippen LogP contribution in [0.5, 0.6) is 5.75 Å². The smallest absolute Gasteiger partial charge is 0.307 e. The molecule has 1 heterocycles. The molecule has 1 aromatic carbocycles. The summed E-state index contributed by atoms with van der Waals surface area (Å²) in [5.74, 6) is -1.28. The maximum atomic E-state index is 13.7. The summed E-state index contributed by atoms with van der Waals surface area (Å²) in [6, 6.07) is 4.31. The second-order valence-corrected chi connectivity index (χ2v) is 4.42. The summed E-state index contributed by atoms with van der Waals surface area (Å²) in [7, 11) is 0. The number of carbonyl (C=O) groups is 1. The van der Waals surface area contributed by atoms with Crippen molar-refractivity contribution in [2.45, 2.75) is 25.4 Å². The first kappa shape index (κ1) is 12.8. The Balaban J connectivity index is 2.02. The Bertz CT molecular complexity index is 430. The molecule has 1 atom stereocenters. The van der Waals surface area contributed by atoms with E-state index in [2.05, 4.69) is 5.32 Å². The molecular weight excluding hydrogens is 237 g/mol. The lowest BCUT2D eigenvalue weighted by molar-refractivity contribution is -0.136. The Hall–Kier alpha value is -1.62. The summed E-state index contributed by atoms with van der Waals surface area (Å²) >= 11 is 0. The summed E-state index contributed by atoms with van der Waals surface area (Å²) in [4.78, 5) is 10.5. The lowest BCUT2D eigenvalue weighted by Crippen LogP contribution is -2.37. The highest BCUT2D eigenvalue weighted by atomic mass is 19.1. The third kappa shape index (κ3) is 3.43. The monoisotopic (exact) mass is 253 g/mol. The van der Waals surface area contributed by atoms with Crippen LogP contribution in [0.2, 0.25) is 0 Å². The van der Waals surface area contributed by atoms with Crippen LogP contribution in [0.1, 0.15) is 18.4 Å². The van der Waals surface area contributed by atoms with Gasteiger partial charge in [-0.1, -0.05) is 6.07 Å². The number of aliphatic carboxylic acids is 1. The van der Waals surface area contributed by atoms with Crippen LogP contribution in [0.25, 0.3) is 0 Å². The first-order valence-corrected chi connectivity index (χ1v) is 6.03. The molecule has 0 spiro atoms. The Morgan fingerprint density at radius 2 is 2.39 bits per heavy atom. The molecule has 1 aromatic rings. The second-order valence-electron chi connectivity index (χ2n) is 4.42. The zero-order valence-electron chi connectivity index (χ0n) is 9.99. The van der Waals surface area contributed by atoms with Gasteiger partial charge >= 0.3 is 5.97 Å². The molecule has 0 aliphatic carbocycles. The Kier molecular flexibility index (Phi) is 4.15. The Morgan fingerprint density at radius 1 is 1.56 bits per heavy atom. The first-order chi connectivity index (χ1) is 8.65. The number of nitrogens with one attached hydrogen (secondary N) is 1. The minimum absolute atomic E-state index is 0.0152. The molecule has 2 N–H and O–H groups in total. The van der Waals surface area contributed by atoms with Gasteiger partial charge in [0.15, 0.2) is 11.6 Å². The van der Waals surface area contributed by atoms with E-state index in [1.807, 2.05) is 0 Å². The lowest BCUT2D eigenvalue weighted by Gasteiger charge is -2.24. The molecule has 4 nitrogen and oxygen atoms in total. The number of carboxylic acids is 1. The number of halogens is 1. The van der Waals surface area contributed by atoms with Crippen LogP contribution in [0.3, 0.4) is 0 Å². The van der Waals surface area contributed by atoms with E-state index < -0.39 is 11.8 Å². The Morgan fingerprint density at radius 3 is 3.00 bits per heavy atom. The summed E-state index contributed by atoms with van der Waals surface area (Å²) in [5, 5.41) is 11.8. The van der Waals surface area contributed by atoms with E-state index in [0.29, 0.717) is 5.56 Å². The molecule has 0 amide bonds. The van der Waals surface area contributed by atoms with E-state index >= 15 is 0 Å². The van der Waals surface area contributed by atoms with Gasteiger partial charge in [0, 0.05) is 6.54 Å². The first-order valence-electron chi connectivity index (χ1n) is 6.03. The highest BCUT2D eigenvalue weighted by Crippen LogP contribution is 2.21. The third-order valence-electron chi connectivity index (χ3n) is 2.90. The van der Waals surface area contributed by atoms with Crippen LogP contribution in [0, 0.1) is 5.82 Å². The topological polar surface area (TPSA) is 58.6 Å². The molecule has 0 saturated carbocycles. The number of ether oxygens (including phenoxy) is 1. The molecular formula is C13H16FNO3. The average Bonchev–Trinajstić information content (AvgIpc) is 2.33. The van der Waals surface area contributed by atoms with Crippen molar-refractivity contribution in [3.63, 3.8) is 0 Å². The summed E-state index contributed by atoms with van der Waals surface area (Å²) in [6.45, 7) is 1.69. The van der Waals surface area contributed by atoms with Crippen molar-refractivity contribution >= 4 is 5.97 Å². The van der Waals surface area contributed by atoms with E-state index in [-0.39, 0.29) is 18.3 Å². The van der Waals surface area contributed by atoms with E-state index in [9.17, 15) is 9.18 Å². The molecule has 1 fully saturated rings. The second kappa shape index (κ2) is 5.82. The summed E-state index contributed by atoms with van der Waals surface area (Å²) in [6.07, 6.45) is 1.73. The molecule has 1 saturated heterocycles. The van der Waals surface area contributed by atoms with Crippen LogP contribution in [-0.4, -0.2) is 30.3 Å². The fourth-order valence-electron chi connectivity index (χ4n) is 2.02. The molecule has 1 aliphatic heterocycles. The highest BCUT2D eigenvalue weighted by molar-refractivity contribution is 5.70. The molecule has 98 valence electrons. The molecule has 0 radical (unpaired) electrons. The molecule has 1 aliphatic rings. The van der Waals surface area contributed by atoms with Gasteiger partial charge in [0.1, 0.15) is 6.10 Å². The summed E-state index contributed by atoms with van der Waals surface area (Å²) in [5.41, 5.74) is 0.439. The number of benzene rings is 1. The van der Waals surface area contributed by atoms with E-state index in [4.69, 9.17) is 9.84 Å². The van der Waals surface area contributed by atoms with Crippen LogP contribution in [0.15, 0.2) is 18.2 Å². The van der Waals surface area contributed by atoms with Crippen molar-refractivity contribution in [2.24, 2.45) is 0 Å². The average molecular weight is 253 g/mol. The molecule has 18 heavy (non-hydrogen) atoms. The van der Waals surface area contributed by atoms with Gasteiger partial charge in [-0.3, -0.25) is 4.79 Å². The minimum atomic E-state index is -0.973. The van der Waals surface area contributed by atoms with Gasteiger partial charge in [0.05, 0.1) is 6.42 Å². The quantitative estimate of drug-likeness (QED) is 0.855. The van der Waals surface area contributed by atoms with Gasteiger partial charge in [0.2, 0.25) is 0 Å². The van der Waals surface area contributed by atoms with Crippen LogP contribution in [-0.2, 0) is 11.2 Å². The maximum Gasteiger partial charge on any atom is 0.307 e. The van der Waals surface area contributed by atoms with E-state index in [1.54, 1.807) is 6.07 Å². The SMILES string of the molecule is O=C(O)Cc1ccc(OC2CCCNC2)c(F)c1. The minimum Gasteiger partial charge on any atom is -0.486 e. The van der Waals surface area contributed by atoms with Crippen LogP contribution in [0.4, 0.5) is 4.39 Å². The van der Waals surface area contributed by atoms with Crippen molar-refractivity contribution in [1.82, 2.24) is 5.32 Å². The van der Waals surface area contributed by atoms with Gasteiger partial charge in [0.25, 0.3) is 0 Å². The molecule has 2 rings (SSSR count). The predicted octanol–water partition coefficient (Wildman–Crippen LogP) is 1.58. The van der Waals surface area contributed by atoms with Gasteiger partial charge in [-0.15, -0.1) is 0 Å². The number of hydrogen-bond donors (Lipinski definition) is 2. The number of hydrogen-bond acceptors (Lipinski definition) is 3. The van der Waals surface area contributed by atoms with Gasteiger partial charge in [-0.2, -0.15) is 0 Å². The highest BCUT2D eigenvalue weighted by Gasteiger charge is 2.16. The Labute approximate surface area is 105 Å². The van der Waals surface area contributed by atoms with Crippen LogP contribution < -0.4 is 10.1 Å². The van der Waals surface area contributed by atoms with Crippen molar-refractivity contribution in [1.29, 1.82) is 0 Å². The van der Waals surface area contributed by atoms with Crippen molar-refractivity contribution in [3.05, 3.63) is 29.6 Å². The fraction of sp³-hybridized carbons (Fsp3) is 0.462. The van der Waals surface area contributed by atoms with Crippen molar-refractivity contribution < 1.29 is 19.0 Å². The molecule has 1 unspecified atom stereocenters.